The number of carbonyl (C=O) groups is 2. The van der Waals surface area contributed by atoms with Crippen LogP contribution in [-0.4, -0.2) is 48.1 Å². The van der Waals surface area contributed by atoms with E-state index in [1.54, 1.807) is 19.2 Å². The Morgan fingerprint density at radius 1 is 1.53 bits per heavy atom. The van der Waals surface area contributed by atoms with Crippen LogP contribution in [0.25, 0.3) is 0 Å². The van der Waals surface area contributed by atoms with Gasteiger partial charge in [0.1, 0.15) is 0 Å². The number of rotatable bonds is 5. The molecule has 0 radical (unpaired) electrons. The van der Waals surface area contributed by atoms with Gasteiger partial charge in [0, 0.05) is 13.6 Å². The maximum Gasteiger partial charge on any atom is 0.289 e. The number of amides is 2. The number of hydrogen-bond acceptors (Lipinski definition) is 4. The molecule has 0 unspecified atom stereocenters. The first kappa shape index (κ1) is 13.6. The molecule has 0 aliphatic heterocycles. The molecule has 6 heteroatoms. The first-order valence-corrected chi connectivity index (χ1v) is 6.30. The van der Waals surface area contributed by atoms with Gasteiger partial charge in [-0.2, -0.15) is 0 Å². The van der Waals surface area contributed by atoms with Gasteiger partial charge >= 0.3 is 0 Å². The minimum atomic E-state index is -0.320. The summed E-state index contributed by atoms with van der Waals surface area (Å²) in [6, 6.07) is 3.19. The summed E-state index contributed by atoms with van der Waals surface area (Å²) < 4.78 is 4.98. The summed E-state index contributed by atoms with van der Waals surface area (Å²) in [5.41, 5.74) is 0. The first-order valence-electron chi connectivity index (χ1n) is 6.30. The van der Waals surface area contributed by atoms with Gasteiger partial charge in [-0.15, -0.1) is 0 Å². The summed E-state index contributed by atoms with van der Waals surface area (Å²) in [5.74, 6) is 0.0467. The third-order valence-corrected chi connectivity index (χ3v) is 3.26. The molecule has 1 saturated carbocycles. The average Bonchev–Trinajstić information content (AvgIpc) is 2.85. The molecule has 0 spiro atoms. The molecular weight excluding hydrogens is 248 g/mol. The van der Waals surface area contributed by atoms with Crippen molar-refractivity contribution >= 4 is 11.8 Å². The minimum Gasteiger partial charge on any atom is -0.459 e. The molecule has 2 N–H and O–H groups in total. The van der Waals surface area contributed by atoms with Crippen LogP contribution in [0.15, 0.2) is 22.8 Å². The maximum absolute atomic E-state index is 11.8. The SMILES string of the molecule is CN(CC(=O)NCC1CC(O)C1)C(=O)c1ccco1. The van der Waals surface area contributed by atoms with Crippen molar-refractivity contribution in [2.45, 2.75) is 18.9 Å². The van der Waals surface area contributed by atoms with Gasteiger partial charge in [-0.3, -0.25) is 9.59 Å². The fourth-order valence-electron chi connectivity index (χ4n) is 2.06. The zero-order chi connectivity index (χ0) is 13.8. The van der Waals surface area contributed by atoms with Gasteiger partial charge in [0.2, 0.25) is 5.91 Å². The molecule has 0 bridgehead atoms. The molecule has 1 heterocycles. The van der Waals surface area contributed by atoms with Crippen LogP contribution in [-0.2, 0) is 4.79 Å². The van der Waals surface area contributed by atoms with Gasteiger partial charge in [0.15, 0.2) is 5.76 Å². The molecule has 19 heavy (non-hydrogen) atoms. The van der Waals surface area contributed by atoms with Crippen molar-refractivity contribution in [2.75, 3.05) is 20.1 Å². The number of likely N-dealkylation sites (N-methyl/N-ethyl adjacent to an activating group) is 1. The smallest absolute Gasteiger partial charge is 0.289 e. The van der Waals surface area contributed by atoms with E-state index in [4.69, 9.17) is 9.52 Å². The van der Waals surface area contributed by atoms with Gasteiger partial charge < -0.3 is 19.7 Å². The van der Waals surface area contributed by atoms with Crippen LogP contribution in [0.5, 0.6) is 0 Å². The second-order valence-electron chi connectivity index (χ2n) is 4.93. The number of carbonyl (C=O) groups excluding carboxylic acids is 2. The van der Waals surface area contributed by atoms with E-state index in [0.717, 1.165) is 12.8 Å². The summed E-state index contributed by atoms with van der Waals surface area (Å²) in [4.78, 5) is 24.8. The molecule has 0 saturated heterocycles. The lowest BCUT2D eigenvalue weighted by atomic mass is 9.82. The quantitative estimate of drug-likeness (QED) is 0.799. The summed E-state index contributed by atoms with van der Waals surface area (Å²) in [6.45, 7) is 0.549. The lowest BCUT2D eigenvalue weighted by molar-refractivity contribution is -0.122. The van der Waals surface area contributed by atoms with Crippen LogP contribution < -0.4 is 5.32 Å². The van der Waals surface area contributed by atoms with E-state index in [-0.39, 0.29) is 30.2 Å². The number of nitrogens with zero attached hydrogens (tertiary/aromatic N) is 1. The molecule has 1 aromatic rings. The summed E-state index contributed by atoms with van der Waals surface area (Å²) in [7, 11) is 1.55. The largest absolute Gasteiger partial charge is 0.459 e. The third kappa shape index (κ3) is 3.57. The predicted molar refractivity (Wildman–Crippen MR) is 67.4 cm³/mol. The van der Waals surface area contributed by atoms with Crippen molar-refractivity contribution < 1.29 is 19.1 Å². The number of aliphatic hydroxyl groups is 1. The van der Waals surface area contributed by atoms with E-state index >= 15 is 0 Å². The van der Waals surface area contributed by atoms with Gasteiger partial charge in [0.05, 0.1) is 18.9 Å². The van der Waals surface area contributed by atoms with Crippen LogP contribution in [0.1, 0.15) is 23.4 Å². The molecule has 2 amide bonds. The monoisotopic (exact) mass is 266 g/mol. The molecule has 104 valence electrons. The number of aliphatic hydroxyl groups excluding tert-OH is 1. The van der Waals surface area contributed by atoms with E-state index in [0.29, 0.717) is 12.5 Å². The molecular formula is C13H18N2O4. The second-order valence-corrected chi connectivity index (χ2v) is 4.93. The highest BCUT2D eigenvalue weighted by Gasteiger charge is 2.27. The van der Waals surface area contributed by atoms with E-state index in [1.165, 1.54) is 11.2 Å². The fraction of sp³-hybridized carbons (Fsp3) is 0.538. The van der Waals surface area contributed by atoms with Crippen LogP contribution >= 0.6 is 0 Å². The first-order chi connectivity index (χ1) is 9.06. The maximum atomic E-state index is 11.8. The highest BCUT2D eigenvalue weighted by Crippen LogP contribution is 2.25. The Bertz CT molecular complexity index is 438. The van der Waals surface area contributed by atoms with Crippen molar-refractivity contribution in [3.63, 3.8) is 0 Å². The Labute approximate surface area is 111 Å². The second kappa shape index (κ2) is 5.88. The minimum absolute atomic E-state index is 0.00515. The van der Waals surface area contributed by atoms with Crippen molar-refractivity contribution in [1.82, 2.24) is 10.2 Å². The predicted octanol–water partition coefficient (Wildman–Crippen LogP) is 0.239. The Morgan fingerprint density at radius 2 is 2.26 bits per heavy atom. The molecule has 2 rings (SSSR count). The lowest BCUT2D eigenvalue weighted by Crippen LogP contribution is -2.43. The normalized spacial score (nSPS) is 21.6. The number of hydrogen-bond donors (Lipinski definition) is 2. The molecule has 0 atom stereocenters. The topological polar surface area (TPSA) is 82.8 Å². The number of furan rings is 1. The molecule has 1 aliphatic rings. The van der Waals surface area contributed by atoms with Gasteiger partial charge in [-0.1, -0.05) is 0 Å². The van der Waals surface area contributed by atoms with Crippen molar-refractivity contribution in [3.05, 3.63) is 24.2 Å². The Kier molecular flexibility index (Phi) is 4.21. The molecule has 0 aromatic carbocycles. The van der Waals surface area contributed by atoms with Crippen LogP contribution in [0.3, 0.4) is 0 Å². The van der Waals surface area contributed by atoms with E-state index in [2.05, 4.69) is 5.32 Å². The van der Waals surface area contributed by atoms with Crippen LogP contribution in [0, 0.1) is 5.92 Å². The van der Waals surface area contributed by atoms with Crippen LogP contribution in [0.4, 0.5) is 0 Å². The van der Waals surface area contributed by atoms with E-state index in [9.17, 15) is 9.59 Å². The Balaban J connectivity index is 1.71. The number of nitrogens with one attached hydrogen (secondary N) is 1. The highest BCUT2D eigenvalue weighted by molar-refractivity contribution is 5.94. The van der Waals surface area contributed by atoms with Gasteiger partial charge in [-0.25, -0.2) is 0 Å². The summed E-state index contributed by atoms with van der Waals surface area (Å²) in [6.07, 6.45) is 2.68. The summed E-state index contributed by atoms with van der Waals surface area (Å²) in [5, 5.41) is 11.9. The fourth-order valence-corrected chi connectivity index (χ4v) is 2.06. The molecule has 1 aliphatic carbocycles. The zero-order valence-corrected chi connectivity index (χ0v) is 10.8. The van der Waals surface area contributed by atoms with Gasteiger partial charge in [-0.05, 0) is 30.9 Å². The molecule has 1 fully saturated rings. The molecule has 1 aromatic heterocycles. The van der Waals surface area contributed by atoms with Crippen LogP contribution in [0.2, 0.25) is 0 Å². The highest BCUT2D eigenvalue weighted by atomic mass is 16.3. The van der Waals surface area contributed by atoms with Crippen molar-refractivity contribution in [3.8, 4) is 0 Å². The Morgan fingerprint density at radius 3 is 2.84 bits per heavy atom. The summed E-state index contributed by atoms with van der Waals surface area (Å²) >= 11 is 0. The van der Waals surface area contributed by atoms with E-state index in [1.807, 2.05) is 0 Å². The standard InChI is InChI=1S/C13H18N2O4/c1-15(13(18)11-3-2-4-19-11)8-12(17)14-7-9-5-10(16)6-9/h2-4,9-10,16H,5-8H2,1H3,(H,14,17). The van der Waals surface area contributed by atoms with Crippen molar-refractivity contribution in [1.29, 1.82) is 0 Å². The van der Waals surface area contributed by atoms with E-state index < -0.39 is 0 Å². The Hall–Kier alpha value is -1.82. The average molecular weight is 266 g/mol. The third-order valence-electron chi connectivity index (χ3n) is 3.26. The van der Waals surface area contributed by atoms with Crippen molar-refractivity contribution in [2.24, 2.45) is 5.92 Å². The lowest BCUT2D eigenvalue weighted by Gasteiger charge is -2.31. The molecule has 6 nitrogen and oxygen atoms in total. The zero-order valence-electron chi connectivity index (χ0n) is 10.8. The van der Waals surface area contributed by atoms with Gasteiger partial charge in [0.25, 0.3) is 5.91 Å².